The van der Waals surface area contributed by atoms with Gasteiger partial charge in [0, 0.05) is 11.1 Å². The summed E-state index contributed by atoms with van der Waals surface area (Å²) in [6.07, 6.45) is 3.29. The zero-order chi connectivity index (χ0) is 27.7. The van der Waals surface area contributed by atoms with E-state index >= 15 is 0 Å². The van der Waals surface area contributed by atoms with E-state index in [9.17, 15) is 14.3 Å². The molecule has 2 heterocycles. The summed E-state index contributed by atoms with van der Waals surface area (Å²) in [6.45, 7) is 5.62. The van der Waals surface area contributed by atoms with Crippen LogP contribution in [0.2, 0.25) is 0 Å². The predicted octanol–water partition coefficient (Wildman–Crippen LogP) is 6.14. The average Bonchev–Trinajstić information content (AvgIpc) is 2.92. The number of aromatic nitrogens is 3. The molecule has 0 spiro atoms. The summed E-state index contributed by atoms with van der Waals surface area (Å²) in [5, 5.41) is 14.7. The first-order valence-electron chi connectivity index (χ1n) is 12.5. The van der Waals surface area contributed by atoms with Crippen LogP contribution in [0.4, 0.5) is 16.0 Å². The highest BCUT2D eigenvalue weighted by Gasteiger charge is 2.21. The first kappa shape index (κ1) is 25.7. The van der Waals surface area contributed by atoms with Crippen molar-refractivity contribution < 1.29 is 9.50 Å². The molecule has 0 saturated carbocycles. The Balaban J connectivity index is 1.65. The number of nitrogens with zero attached hydrogens (tertiary/aromatic N) is 3. The lowest BCUT2D eigenvalue weighted by atomic mass is 9.96. The van der Waals surface area contributed by atoms with Gasteiger partial charge in [0.25, 0.3) is 5.56 Å². The zero-order valence-corrected chi connectivity index (χ0v) is 21.8. The number of halogens is 1. The summed E-state index contributed by atoms with van der Waals surface area (Å²) >= 11 is 0. The lowest BCUT2D eigenvalue weighted by Gasteiger charge is -2.23. The highest BCUT2D eigenvalue weighted by molar-refractivity contribution is 5.90. The number of aromatic hydroxyl groups is 1. The van der Waals surface area contributed by atoms with Crippen molar-refractivity contribution in [3.8, 4) is 11.4 Å². The van der Waals surface area contributed by atoms with Crippen molar-refractivity contribution >= 4 is 28.0 Å². The molecule has 7 nitrogen and oxygen atoms in total. The summed E-state index contributed by atoms with van der Waals surface area (Å²) in [7, 11) is 0. The van der Waals surface area contributed by atoms with E-state index in [0.29, 0.717) is 28.1 Å². The molecule has 39 heavy (non-hydrogen) atoms. The average molecular weight is 522 g/mol. The normalized spacial score (nSPS) is 12.5. The van der Waals surface area contributed by atoms with E-state index in [1.807, 2.05) is 57.2 Å². The molecule has 2 aromatic heterocycles. The molecule has 0 saturated heterocycles. The Labute approximate surface area is 225 Å². The van der Waals surface area contributed by atoms with Gasteiger partial charge in [-0.2, -0.15) is 0 Å². The summed E-state index contributed by atoms with van der Waals surface area (Å²) < 4.78 is 15.8. The maximum Gasteiger partial charge on any atom is 0.263 e. The minimum atomic E-state index is -0.446. The molecule has 1 atom stereocenters. The van der Waals surface area contributed by atoms with E-state index in [1.54, 1.807) is 30.3 Å². The number of benzene rings is 3. The number of pyridine rings is 1. The van der Waals surface area contributed by atoms with E-state index in [4.69, 9.17) is 5.73 Å². The third kappa shape index (κ3) is 4.84. The molecule has 0 amide bonds. The Bertz CT molecular complexity index is 1790. The second-order valence-electron chi connectivity index (χ2n) is 9.33. The molecule has 0 bridgehead atoms. The Morgan fingerprint density at radius 1 is 1.08 bits per heavy atom. The third-order valence-electron chi connectivity index (χ3n) is 6.76. The molecule has 8 heteroatoms. The fourth-order valence-electron chi connectivity index (χ4n) is 4.81. The van der Waals surface area contributed by atoms with Gasteiger partial charge in [-0.05, 0) is 85.3 Å². The summed E-state index contributed by atoms with van der Waals surface area (Å²) in [5.74, 6) is 0.511. The molecule has 1 unspecified atom stereocenters. The lowest BCUT2D eigenvalue weighted by Crippen LogP contribution is -2.26. The van der Waals surface area contributed by atoms with Gasteiger partial charge in [-0.1, -0.05) is 36.4 Å². The van der Waals surface area contributed by atoms with E-state index in [0.717, 1.165) is 22.1 Å². The fourth-order valence-corrected chi connectivity index (χ4v) is 4.81. The number of anilines is 2. The van der Waals surface area contributed by atoms with Crippen LogP contribution in [0.1, 0.15) is 42.3 Å². The standard InChI is InChI=1S/C31H28FN5O2/c1-4-24(21-12-13-27(38)18(2)14-21)28-29(33)34-17-35-30(28)36-19(3)26-15-20-8-5-6-11-25(20)31(39)37(26)23-10-7-9-22(32)16-23/h4-17,19,38H,1-3H3,(H3,33,34,35,36)/b24-4-. The van der Waals surface area contributed by atoms with Gasteiger partial charge < -0.3 is 16.2 Å². The van der Waals surface area contributed by atoms with Crippen molar-refractivity contribution in [2.45, 2.75) is 26.8 Å². The highest BCUT2D eigenvalue weighted by Crippen LogP contribution is 2.35. The summed E-state index contributed by atoms with van der Waals surface area (Å²) in [5.41, 5.74) is 10.1. The van der Waals surface area contributed by atoms with Crippen LogP contribution in [-0.4, -0.2) is 19.6 Å². The van der Waals surface area contributed by atoms with Crippen LogP contribution in [0.25, 0.3) is 22.0 Å². The molecule has 3 aromatic carbocycles. The third-order valence-corrected chi connectivity index (χ3v) is 6.76. The fraction of sp³-hybridized carbons (Fsp3) is 0.129. The number of nitrogen functional groups attached to an aromatic ring is 1. The topological polar surface area (TPSA) is 106 Å². The van der Waals surface area contributed by atoms with E-state index in [-0.39, 0.29) is 17.1 Å². The van der Waals surface area contributed by atoms with Gasteiger partial charge in [0.1, 0.15) is 29.5 Å². The van der Waals surface area contributed by atoms with Gasteiger partial charge in [-0.25, -0.2) is 14.4 Å². The minimum Gasteiger partial charge on any atom is -0.508 e. The molecule has 0 aliphatic heterocycles. The second-order valence-corrected chi connectivity index (χ2v) is 9.33. The number of nitrogens with two attached hydrogens (primary N) is 1. The van der Waals surface area contributed by atoms with Gasteiger partial charge in [0.2, 0.25) is 0 Å². The highest BCUT2D eigenvalue weighted by atomic mass is 19.1. The number of hydrogen-bond acceptors (Lipinski definition) is 6. The largest absolute Gasteiger partial charge is 0.508 e. The number of phenolic OH excluding ortho intramolecular Hbond substituents is 1. The Kier molecular flexibility index (Phi) is 6.85. The molecule has 4 N–H and O–H groups in total. The van der Waals surface area contributed by atoms with Crippen molar-refractivity contribution in [1.29, 1.82) is 0 Å². The van der Waals surface area contributed by atoms with Crippen LogP contribution in [-0.2, 0) is 0 Å². The number of fused-ring (bicyclic) bond motifs is 1. The van der Waals surface area contributed by atoms with Crippen LogP contribution in [0.15, 0.2) is 90.0 Å². The number of hydrogen-bond donors (Lipinski definition) is 3. The molecule has 5 rings (SSSR count). The predicted molar refractivity (Wildman–Crippen MR) is 154 cm³/mol. The molecule has 0 aliphatic rings. The minimum absolute atomic E-state index is 0.199. The van der Waals surface area contributed by atoms with E-state index in [1.165, 1.54) is 23.0 Å². The van der Waals surface area contributed by atoms with Crippen molar-refractivity contribution in [3.05, 3.63) is 124 Å². The van der Waals surface area contributed by atoms with Gasteiger partial charge >= 0.3 is 0 Å². The number of rotatable bonds is 6. The maximum atomic E-state index is 14.2. The Morgan fingerprint density at radius 3 is 2.62 bits per heavy atom. The van der Waals surface area contributed by atoms with Gasteiger partial charge in [-0.15, -0.1) is 0 Å². The Hall–Kier alpha value is -4.98. The van der Waals surface area contributed by atoms with Crippen LogP contribution in [0, 0.1) is 12.7 Å². The number of nitrogens with one attached hydrogen (secondary N) is 1. The van der Waals surface area contributed by atoms with E-state index in [2.05, 4.69) is 15.3 Å². The Morgan fingerprint density at radius 2 is 1.87 bits per heavy atom. The zero-order valence-electron chi connectivity index (χ0n) is 21.8. The molecular formula is C31H28FN5O2. The van der Waals surface area contributed by atoms with Gasteiger partial charge in [0.05, 0.1) is 17.3 Å². The molecule has 5 aromatic rings. The van der Waals surface area contributed by atoms with E-state index < -0.39 is 11.9 Å². The van der Waals surface area contributed by atoms with Crippen molar-refractivity contribution in [3.63, 3.8) is 0 Å². The monoisotopic (exact) mass is 521 g/mol. The van der Waals surface area contributed by atoms with Crippen molar-refractivity contribution in [2.75, 3.05) is 11.1 Å². The first-order chi connectivity index (χ1) is 18.8. The molecule has 196 valence electrons. The number of allylic oxidation sites excluding steroid dienone is 1. The second kappa shape index (κ2) is 10.4. The summed E-state index contributed by atoms with van der Waals surface area (Å²) in [6, 6.07) is 20.1. The molecule has 0 aliphatic carbocycles. The van der Waals surface area contributed by atoms with Crippen molar-refractivity contribution in [1.82, 2.24) is 14.5 Å². The van der Waals surface area contributed by atoms with Crippen LogP contribution >= 0.6 is 0 Å². The number of aryl methyl sites for hydroxylation is 1. The van der Waals surface area contributed by atoms with Crippen LogP contribution in [0.5, 0.6) is 5.75 Å². The van der Waals surface area contributed by atoms with Crippen molar-refractivity contribution in [2.24, 2.45) is 0 Å². The van der Waals surface area contributed by atoms with Gasteiger partial charge in [0.15, 0.2) is 0 Å². The van der Waals surface area contributed by atoms with Crippen LogP contribution in [0.3, 0.4) is 0 Å². The quantitative estimate of drug-likeness (QED) is 0.248. The first-order valence-corrected chi connectivity index (χ1v) is 12.5. The molecule has 0 fully saturated rings. The lowest BCUT2D eigenvalue weighted by molar-refractivity contribution is 0.471. The maximum absolute atomic E-state index is 14.2. The smallest absolute Gasteiger partial charge is 0.263 e. The van der Waals surface area contributed by atoms with Crippen LogP contribution < -0.4 is 16.6 Å². The molecule has 0 radical (unpaired) electrons. The number of phenols is 1. The molecular weight excluding hydrogens is 493 g/mol. The summed E-state index contributed by atoms with van der Waals surface area (Å²) in [4.78, 5) is 22.4. The van der Waals surface area contributed by atoms with Gasteiger partial charge in [-0.3, -0.25) is 9.36 Å². The SMILES string of the molecule is C/C=C(/c1ccc(O)c(C)c1)c1c(N)ncnc1NC(C)c1cc2ccccc2c(=O)n1-c1cccc(F)c1.